The van der Waals surface area contributed by atoms with Gasteiger partial charge in [0, 0.05) is 6.20 Å². The second kappa shape index (κ2) is 4.99. The first-order valence-corrected chi connectivity index (χ1v) is 6.59. The van der Waals surface area contributed by atoms with E-state index in [1.54, 1.807) is 6.20 Å². The lowest BCUT2D eigenvalue weighted by atomic mass is 10.2. The van der Waals surface area contributed by atoms with Crippen LogP contribution in [0.15, 0.2) is 12.5 Å². The molecule has 0 aliphatic rings. The van der Waals surface area contributed by atoms with Gasteiger partial charge in [-0.15, -0.1) is 0 Å². The van der Waals surface area contributed by atoms with Crippen molar-refractivity contribution in [2.45, 2.75) is 26.7 Å². The third-order valence-corrected chi connectivity index (χ3v) is 3.38. The Balaban J connectivity index is 2.63. The van der Waals surface area contributed by atoms with Gasteiger partial charge >= 0.3 is 0 Å². The van der Waals surface area contributed by atoms with E-state index in [2.05, 4.69) is 44.6 Å². The zero-order chi connectivity index (χ0) is 12.4. The number of nitrogens with zero attached hydrogens (tertiary/aromatic N) is 4. The van der Waals surface area contributed by atoms with Gasteiger partial charge in [-0.25, -0.2) is 14.6 Å². The molecule has 0 aromatic carbocycles. The topological polar surface area (TPSA) is 69.6 Å². The Morgan fingerprint density at radius 3 is 2.71 bits per heavy atom. The van der Waals surface area contributed by atoms with Crippen LogP contribution in [0.5, 0.6) is 0 Å². The van der Waals surface area contributed by atoms with Gasteiger partial charge in [0.15, 0.2) is 5.82 Å². The van der Waals surface area contributed by atoms with Gasteiger partial charge in [0.05, 0.1) is 20.6 Å². The fourth-order valence-electron chi connectivity index (χ4n) is 1.75. The number of nitrogens with two attached hydrogens (primary N) is 1. The van der Waals surface area contributed by atoms with Gasteiger partial charge in [-0.3, -0.25) is 0 Å². The van der Waals surface area contributed by atoms with Crippen molar-refractivity contribution >= 4 is 28.3 Å². The van der Waals surface area contributed by atoms with Crippen LogP contribution < -0.4 is 5.73 Å². The summed E-state index contributed by atoms with van der Waals surface area (Å²) in [5.41, 5.74) is 8.80. The molecule has 0 spiro atoms. The first kappa shape index (κ1) is 12.3. The van der Waals surface area contributed by atoms with Crippen LogP contribution in [0, 0.1) is 3.57 Å². The van der Waals surface area contributed by atoms with Crippen LogP contribution in [0.2, 0.25) is 0 Å². The van der Waals surface area contributed by atoms with Gasteiger partial charge < -0.3 is 5.73 Å². The van der Waals surface area contributed by atoms with Crippen molar-refractivity contribution < 1.29 is 0 Å². The van der Waals surface area contributed by atoms with Crippen LogP contribution >= 0.6 is 22.6 Å². The zero-order valence-electron chi connectivity index (χ0n) is 9.81. The predicted octanol–water partition coefficient (Wildman–Crippen LogP) is 1.97. The molecule has 0 atom stereocenters. The van der Waals surface area contributed by atoms with Crippen LogP contribution in [0.25, 0.3) is 5.82 Å². The van der Waals surface area contributed by atoms with E-state index in [9.17, 15) is 0 Å². The van der Waals surface area contributed by atoms with Crippen LogP contribution in [0.1, 0.15) is 25.2 Å². The predicted molar refractivity (Wildman–Crippen MR) is 75.0 cm³/mol. The monoisotopic (exact) mass is 343 g/mol. The molecule has 0 aliphatic carbocycles. The fourth-order valence-corrected chi connectivity index (χ4v) is 2.28. The van der Waals surface area contributed by atoms with E-state index in [0.29, 0.717) is 0 Å². The molecule has 2 aromatic heterocycles. The molecule has 0 aliphatic heterocycles. The number of halogens is 1. The lowest BCUT2D eigenvalue weighted by molar-refractivity contribution is 0.764. The molecule has 2 rings (SSSR count). The summed E-state index contributed by atoms with van der Waals surface area (Å²) in [5, 5.41) is 4.53. The summed E-state index contributed by atoms with van der Waals surface area (Å²) >= 11 is 2.20. The summed E-state index contributed by atoms with van der Waals surface area (Å²) in [6, 6.07) is 0. The van der Waals surface area contributed by atoms with Crippen molar-refractivity contribution in [3.8, 4) is 5.82 Å². The highest BCUT2D eigenvalue weighted by Gasteiger charge is 2.16. The third kappa shape index (κ3) is 2.13. The Labute approximate surface area is 114 Å². The molecule has 0 fully saturated rings. The number of rotatable bonds is 3. The number of hydrogen-bond donors (Lipinski definition) is 1. The molecule has 0 unspecified atom stereocenters. The van der Waals surface area contributed by atoms with Crippen molar-refractivity contribution in [3.63, 3.8) is 0 Å². The standard InChI is InChI=1S/C11H14IN5/c1-3-8-10(13)9(4-2)17(16-8)11-7(12)5-14-6-15-11/h5-6H,3-4,13H2,1-2H3. The van der Waals surface area contributed by atoms with Crippen molar-refractivity contribution in [1.82, 2.24) is 19.7 Å². The van der Waals surface area contributed by atoms with E-state index >= 15 is 0 Å². The maximum atomic E-state index is 6.08. The molecule has 2 heterocycles. The van der Waals surface area contributed by atoms with Crippen molar-refractivity contribution in [2.75, 3.05) is 5.73 Å². The number of anilines is 1. The van der Waals surface area contributed by atoms with Gasteiger partial charge in [-0.2, -0.15) is 5.10 Å². The van der Waals surface area contributed by atoms with Gasteiger partial charge in [-0.1, -0.05) is 13.8 Å². The second-order valence-corrected chi connectivity index (χ2v) is 4.78. The van der Waals surface area contributed by atoms with Crippen molar-refractivity contribution in [2.24, 2.45) is 0 Å². The van der Waals surface area contributed by atoms with Crippen LogP contribution in [-0.2, 0) is 12.8 Å². The molecule has 17 heavy (non-hydrogen) atoms. The largest absolute Gasteiger partial charge is 0.396 e. The van der Waals surface area contributed by atoms with Crippen molar-refractivity contribution in [3.05, 3.63) is 27.5 Å². The summed E-state index contributed by atoms with van der Waals surface area (Å²) in [4.78, 5) is 8.26. The second-order valence-electron chi connectivity index (χ2n) is 3.62. The molecular formula is C11H14IN5. The first-order valence-electron chi connectivity index (χ1n) is 5.51. The molecule has 2 N–H and O–H groups in total. The summed E-state index contributed by atoms with van der Waals surface area (Å²) in [6.45, 7) is 4.12. The molecule has 5 nitrogen and oxygen atoms in total. The molecule has 2 aromatic rings. The van der Waals surface area contributed by atoms with E-state index < -0.39 is 0 Å². The van der Waals surface area contributed by atoms with E-state index in [1.165, 1.54) is 6.33 Å². The van der Waals surface area contributed by atoms with E-state index in [1.807, 2.05) is 11.6 Å². The number of aromatic nitrogens is 4. The lowest BCUT2D eigenvalue weighted by Gasteiger charge is -2.06. The first-order chi connectivity index (χ1) is 8.19. The summed E-state index contributed by atoms with van der Waals surface area (Å²) in [5.74, 6) is 0.795. The Bertz CT molecular complexity index is 535. The highest BCUT2D eigenvalue weighted by molar-refractivity contribution is 14.1. The molecule has 6 heteroatoms. The summed E-state index contributed by atoms with van der Waals surface area (Å²) in [6.07, 6.45) is 4.96. The minimum absolute atomic E-state index is 0.782. The van der Waals surface area contributed by atoms with Crippen LogP contribution in [0.4, 0.5) is 5.69 Å². The Morgan fingerprint density at radius 2 is 2.12 bits per heavy atom. The van der Waals surface area contributed by atoms with Gasteiger partial charge in [-0.05, 0) is 35.4 Å². The number of aryl methyl sites for hydroxylation is 1. The molecule has 0 bridgehead atoms. The molecule has 0 amide bonds. The Kier molecular flexibility index (Phi) is 3.60. The molecule has 0 saturated carbocycles. The van der Waals surface area contributed by atoms with Crippen LogP contribution in [0.3, 0.4) is 0 Å². The van der Waals surface area contributed by atoms with E-state index in [0.717, 1.165) is 39.3 Å². The summed E-state index contributed by atoms with van der Waals surface area (Å²) < 4.78 is 2.79. The van der Waals surface area contributed by atoms with E-state index in [4.69, 9.17) is 5.73 Å². The van der Waals surface area contributed by atoms with E-state index in [-0.39, 0.29) is 0 Å². The summed E-state index contributed by atoms with van der Waals surface area (Å²) in [7, 11) is 0. The molecular weight excluding hydrogens is 329 g/mol. The van der Waals surface area contributed by atoms with Crippen LogP contribution in [-0.4, -0.2) is 19.7 Å². The fraction of sp³-hybridized carbons (Fsp3) is 0.364. The normalized spacial score (nSPS) is 10.8. The van der Waals surface area contributed by atoms with Gasteiger partial charge in [0.25, 0.3) is 0 Å². The zero-order valence-corrected chi connectivity index (χ0v) is 12.0. The minimum atomic E-state index is 0.782. The minimum Gasteiger partial charge on any atom is -0.396 e. The SMILES string of the molecule is CCc1nn(-c2ncncc2I)c(CC)c1N. The van der Waals surface area contributed by atoms with Crippen molar-refractivity contribution in [1.29, 1.82) is 0 Å². The molecule has 90 valence electrons. The number of hydrogen-bond acceptors (Lipinski definition) is 4. The highest BCUT2D eigenvalue weighted by atomic mass is 127. The average Bonchev–Trinajstić information content (AvgIpc) is 2.66. The number of nitrogen functional groups attached to an aromatic ring is 1. The molecule has 0 radical (unpaired) electrons. The smallest absolute Gasteiger partial charge is 0.170 e. The highest BCUT2D eigenvalue weighted by Crippen LogP contribution is 2.23. The maximum Gasteiger partial charge on any atom is 0.170 e. The quantitative estimate of drug-likeness (QED) is 0.866. The maximum absolute atomic E-state index is 6.08. The third-order valence-electron chi connectivity index (χ3n) is 2.62. The van der Waals surface area contributed by atoms with Gasteiger partial charge in [0.1, 0.15) is 6.33 Å². The average molecular weight is 343 g/mol. The Morgan fingerprint density at radius 1 is 1.35 bits per heavy atom. The lowest BCUT2D eigenvalue weighted by Crippen LogP contribution is -2.07. The Hall–Kier alpha value is -1.18. The molecule has 0 saturated heterocycles. The van der Waals surface area contributed by atoms with Gasteiger partial charge in [0.2, 0.25) is 0 Å².